The van der Waals surface area contributed by atoms with Crippen LogP contribution in [0.3, 0.4) is 0 Å². The van der Waals surface area contributed by atoms with Crippen molar-refractivity contribution in [3.8, 4) is 0 Å². The molecule has 0 bridgehead atoms. The first-order valence-corrected chi connectivity index (χ1v) is 4.70. The lowest BCUT2D eigenvalue weighted by Gasteiger charge is -2.37. The van der Waals surface area contributed by atoms with Crippen molar-refractivity contribution in [2.75, 3.05) is 33.2 Å². The number of rotatable bonds is 0. The molecule has 2 nitrogen and oxygen atoms in total. The second-order valence-electron chi connectivity index (χ2n) is 4.23. The topological polar surface area (TPSA) is 15.3 Å². The van der Waals surface area contributed by atoms with E-state index in [-0.39, 0.29) is 12.4 Å². The zero-order chi connectivity index (χ0) is 7.73. The van der Waals surface area contributed by atoms with Crippen LogP contribution >= 0.6 is 12.4 Å². The third kappa shape index (κ3) is 1.93. The number of nitrogens with zero attached hydrogens (tertiary/aromatic N) is 1. The van der Waals surface area contributed by atoms with Crippen molar-refractivity contribution >= 4 is 12.4 Å². The van der Waals surface area contributed by atoms with Crippen molar-refractivity contribution in [2.24, 2.45) is 5.41 Å². The highest BCUT2D eigenvalue weighted by atomic mass is 35.5. The maximum Gasteiger partial charge on any atom is 0.000924 e. The molecule has 0 aromatic carbocycles. The third-order valence-corrected chi connectivity index (χ3v) is 3.38. The van der Waals surface area contributed by atoms with Crippen LogP contribution in [0, 0.1) is 5.41 Å². The van der Waals surface area contributed by atoms with E-state index in [0.29, 0.717) is 5.41 Å². The van der Waals surface area contributed by atoms with Gasteiger partial charge in [-0.25, -0.2) is 0 Å². The fraction of sp³-hybridized carbons (Fsp3) is 1.00. The maximum atomic E-state index is 3.48. The average molecular weight is 191 g/mol. The molecule has 1 spiro atoms. The molecule has 0 aliphatic carbocycles. The molecule has 72 valence electrons. The molecule has 0 aromatic heterocycles. The number of hydrogen-bond acceptors (Lipinski definition) is 2. The SMILES string of the molecule is CN1CCC2(CCNC2)CC1.Cl. The summed E-state index contributed by atoms with van der Waals surface area (Å²) in [6.07, 6.45) is 4.24. The van der Waals surface area contributed by atoms with Gasteiger partial charge in [-0.05, 0) is 51.4 Å². The Balaban J connectivity index is 0.000000720. The minimum Gasteiger partial charge on any atom is -0.316 e. The predicted molar refractivity (Wildman–Crippen MR) is 53.9 cm³/mol. The van der Waals surface area contributed by atoms with E-state index in [0.717, 1.165) is 0 Å². The Bertz CT molecular complexity index is 133. The fourth-order valence-corrected chi connectivity index (χ4v) is 2.32. The van der Waals surface area contributed by atoms with Crippen LogP contribution in [-0.2, 0) is 0 Å². The van der Waals surface area contributed by atoms with Crippen LogP contribution in [0.5, 0.6) is 0 Å². The first-order chi connectivity index (χ1) is 5.31. The monoisotopic (exact) mass is 190 g/mol. The van der Waals surface area contributed by atoms with E-state index in [1.165, 1.54) is 45.4 Å². The number of halogens is 1. The highest BCUT2D eigenvalue weighted by molar-refractivity contribution is 5.85. The number of hydrogen-bond donors (Lipinski definition) is 1. The smallest absolute Gasteiger partial charge is 0.000924 e. The number of nitrogens with one attached hydrogen (secondary N) is 1. The molecule has 2 fully saturated rings. The van der Waals surface area contributed by atoms with Gasteiger partial charge in [-0.2, -0.15) is 0 Å². The molecule has 3 heteroatoms. The molecule has 2 saturated heterocycles. The van der Waals surface area contributed by atoms with Gasteiger partial charge in [0.2, 0.25) is 0 Å². The van der Waals surface area contributed by atoms with Crippen molar-refractivity contribution in [1.29, 1.82) is 0 Å². The molecule has 0 radical (unpaired) electrons. The molecule has 12 heavy (non-hydrogen) atoms. The van der Waals surface area contributed by atoms with Crippen molar-refractivity contribution in [3.05, 3.63) is 0 Å². The van der Waals surface area contributed by atoms with E-state index < -0.39 is 0 Å². The first kappa shape index (κ1) is 10.3. The van der Waals surface area contributed by atoms with Gasteiger partial charge in [-0.15, -0.1) is 12.4 Å². The largest absolute Gasteiger partial charge is 0.316 e. The van der Waals surface area contributed by atoms with Gasteiger partial charge in [0, 0.05) is 6.54 Å². The molecule has 0 saturated carbocycles. The van der Waals surface area contributed by atoms with Gasteiger partial charge in [-0.3, -0.25) is 0 Å². The molecule has 2 rings (SSSR count). The summed E-state index contributed by atoms with van der Waals surface area (Å²) in [4.78, 5) is 2.45. The normalized spacial score (nSPS) is 28.8. The molecule has 2 aliphatic rings. The molecular weight excluding hydrogens is 172 g/mol. The summed E-state index contributed by atoms with van der Waals surface area (Å²) in [6, 6.07) is 0. The van der Waals surface area contributed by atoms with Gasteiger partial charge in [-0.1, -0.05) is 0 Å². The van der Waals surface area contributed by atoms with E-state index in [2.05, 4.69) is 17.3 Å². The highest BCUT2D eigenvalue weighted by Crippen LogP contribution is 2.36. The summed E-state index contributed by atoms with van der Waals surface area (Å²) in [5.74, 6) is 0. The second kappa shape index (κ2) is 3.95. The minimum absolute atomic E-state index is 0. The molecule has 2 aliphatic heterocycles. The molecule has 1 N–H and O–H groups in total. The Morgan fingerprint density at radius 3 is 2.33 bits per heavy atom. The summed E-state index contributed by atoms with van der Waals surface area (Å²) in [5.41, 5.74) is 0.701. The van der Waals surface area contributed by atoms with Crippen LogP contribution < -0.4 is 5.32 Å². The Labute approximate surface area is 81.1 Å². The van der Waals surface area contributed by atoms with Crippen LogP contribution in [0.25, 0.3) is 0 Å². The van der Waals surface area contributed by atoms with Gasteiger partial charge in [0.1, 0.15) is 0 Å². The summed E-state index contributed by atoms with van der Waals surface area (Å²) in [7, 11) is 2.23. The zero-order valence-corrected chi connectivity index (χ0v) is 8.62. The fourth-order valence-electron chi connectivity index (χ4n) is 2.32. The van der Waals surface area contributed by atoms with Gasteiger partial charge >= 0.3 is 0 Å². The van der Waals surface area contributed by atoms with Crippen molar-refractivity contribution in [1.82, 2.24) is 10.2 Å². The van der Waals surface area contributed by atoms with E-state index in [1.807, 2.05) is 0 Å². The Kier molecular flexibility index (Phi) is 3.38. The van der Waals surface area contributed by atoms with E-state index in [1.54, 1.807) is 0 Å². The van der Waals surface area contributed by atoms with Gasteiger partial charge in [0.05, 0.1) is 0 Å². The zero-order valence-electron chi connectivity index (χ0n) is 7.81. The second-order valence-corrected chi connectivity index (χ2v) is 4.23. The molecule has 2 heterocycles. The summed E-state index contributed by atoms with van der Waals surface area (Å²) in [5, 5.41) is 3.48. The number of likely N-dealkylation sites (tertiary alicyclic amines) is 1. The van der Waals surface area contributed by atoms with Gasteiger partial charge < -0.3 is 10.2 Å². The first-order valence-electron chi connectivity index (χ1n) is 4.70. The Hall–Kier alpha value is 0.210. The lowest BCUT2D eigenvalue weighted by Crippen LogP contribution is -2.39. The van der Waals surface area contributed by atoms with Crippen molar-refractivity contribution in [3.63, 3.8) is 0 Å². The van der Waals surface area contributed by atoms with E-state index >= 15 is 0 Å². The summed E-state index contributed by atoms with van der Waals surface area (Å²) in [6.45, 7) is 5.15. The molecule has 0 aromatic rings. The van der Waals surface area contributed by atoms with Crippen LogP contribution in [0.1, 0.15) is 19.3 Å². The average Bonchev–Trinajstić information content (AvgIpc) is 2.45. The minimum atomic E-state index is 0. The van der Waals surface area contributed by atoms with Crippen LogP contribution in [0.4, 0.5) is 0 Å². The highest BCUT2D eigenvalue weighted by Gasteiger charge is 2.35. The van der Waals surface area contributed by atoms with E-state index in [9.17, 15) is 0 Å². The lowest BCUT2D eigenvalue weighted by molar-refractivity contribution is 0.140. The van der Waals surface area contributed by atoms with Crippen molar-refractivity contribution < 1.29 is 0 Å². The molecule has 0 unspecified atom stereocenters. The predicted octanol–water partition coefficient (Wildman–Crippen LogP) is 1.11. The van der Waals surface area contributed by atoms with Gasteiger partial charge in [0.25, 0.3) is 0 Å². The standard InChI is InChI=1S/C9H18N2.ClH/c1-11-6-3-9(4-7-11)2-5-10-8-9;/h10H,2-8H2,1H3;1H. The maximum absolute atomic E-state index is 3.48. The summed E-state index contributed by atoms with van der Waals surface area (Å²) < 4.78 is 0. The van der Waals surface area contributed by atoms with Gasteiger partial charge in [0.15, 0.2) is 0 Å². The van der Waals surface area contributed by atoms with E-state index in [4.69, 9.17) is 0 Å². The molecule has 0 atom stereocenters. The lowest BCUT2D eigenvalue weighted by atomic mass is 9.78. The Morgan fingerprint density at radius 1 is 1.17 bits per heavy atom. The molecule has 0 amide bonds. The van der Waals surface area contributed by atoms with Crippen LogP contribution in [-0.4, -0.2) is 38.1 Å². The van der Waals surface area contributed by atoms with Crippen molar-refractivity contribution in [2.45, 2.75) is 19.3 Å². The summed E-state index contributed by atoms with van der Waals surface area (Å²) >= 11 is 0. The van der Waals surface area contributed by atoms with Crippen LogP contribution in [0.15, 0.2) is 0 Å². The quantitative estimate of drug-likeness (QED) is 0.616. The number of piperidine rings is 1. The Morgan fingerprint density at radius 2 is 1.83 bits per heavy atom. The molecular formula is C9H19ClN2. The third-order valence-electron chi connectivity index (χ3n) is 3.38. The van der Waals surface area contributed by atoms with Crippen LogP contribution in [0.2, 0.25) is 0 Å².